The summed E-state index contributed by atoms with van der Waals surface area (Å²) in [6.45, 7) is 2.74. The van der Waals surface area contributed by atoms with Crippen LogP contribution in [0.5, 0.6) is 0 Å². The lowest BCUT2D eigenvalue weighted by Crippen LogP contribution is -2.49. The molecule has 1 aliphatic carbocycles. The number of amides is 1. The maximum Gasteiger partial charge on any atom is 0.256 e. The number of carbonyl (C=O) groups excluding carboxylic acids is 1. The second-order valence-electron chi connectivity index (χ2n) is 5.35. The lowest BCUT2D eigenvalue weighted by atomic mass is 10.1. The molecule has 2 aliphatic rings. The van der Waals surface area contributed by atoms with E-state index < -0.39 is 0 Å². The van der Waals surface area contributed by atoms with Crippen molar-refractivity contribution in [1.82, 2.24) is 4.90 Å². The third-order valence-electron chi connectivity index (χ3n) is 4.10. The normalized spacial score (nSPS) is 25.8. The molecule has 1 aromatic carbocycles. The fraction of sp³-hybridized carbons (Fsp3) is 0.533. The number of hydrogen-bond acceptors (Lipinski definition) is 2. The Morgan fingerprint density at radius 2 is 1.94 bits per heavy atom. The largest absolute Gasteiger partial charge is 0.353 e. The van der Waals surface area contributed by atoms with Gasteiger partial charge in [-0.3, -0.25) is 4.79 Å². The van der Waals surface area contributed by atoms with Crippen LogP contribution in [0.15, 0.2) is 30.3 Å². The van der Waals surface area contributed by atoms with Crippen molar-refractivity contribution in [3.8, 4) is 0 Å². The molecular weight excluding hydrogens is 226 g/mol. The molecule has 0 N–H and O–H groups in total. The Balaban J connectivity index is 1.92. The smallest absolute Gasteiger partial charge is 0.256 e. The Labute approximate surface area is 108 Å². The van der Waals surface area contributed by atoms with Crippen LogP contribution in [0.4, 0.5) is 0 Å². The van der Waals surface area contributed by atoms with Gasteiger partial charge >= 0.3 is 0 Å². The second-order valence-corrected chi connectivity index (χ2v) is 5.35. The van der Waals surface area contributed by atoms with E-state index in [1.54, 1.807) is 0 Å². The molecule has 1 amide bonds. The van der Waals surface area contributed by atoms with Crippen LogP contribution in [0.1, 0.15) is 43.0 Å². The van der Waals surface area contributed by atoms with Crippen molar-refractivity contribution in [2.75, 3.05) is 6.61 Å². The van der Waals surface area contributed by atoms with E-state index in [1.165, 1.54) is 0 Å². The Morgan fingerprint density at radius 3 is 2.61 bits per heavy atom. The molecule has 3 rings (SSSR count). The van der Waals surface area contributed by atoms with Gasteiger partial charge in [0.2, 0.25) is 0 Å². The predicted octanol–water partition coefficient (Wildman–Crippen LogP) is 2.82. The highest BCUT2D eigenvalue weighted by molar-refractivity contribution is 5.95. The van der Waals surface area contributed by atoms with Crippen LogP contribution >= 0.6 is 0 Å². The van der Waals surface area contributed by atoms with E-state index in [4.69, 9.17) is 4.74 Å². The molecule has 0 radical (unpaired) electrons. The van der Waals surface area contributed by atoms with E-state index in [9.17, 15) is 4.79 Å². The fourth-order valence-corrected chi connectivity index (χ4v) is 3.24. The first-order valence-corrected chi connectivity index (χ1v) is 6.76. The summed E-state index contributed by atoms with van der Waals surface area (Å²) in [6.07, 6.45) is 4.28. The molecular formula is C15H19NO2. The quantitative estimate of drug-likeness (QED) is 0.761. The molecule has 1 atom stereocenters. The van der Waals surface area contributed by atoms with E-state index in [0.29, 0.717) is 6.61 Å². The van der Waals surface area contributed by atoms with Crippen molar-refractivity contribution >= 4 is 5.91 Å². The second kappa shape index (κ2) is 4.39. The number of rotatable bonds is 1. The Kier molecular flexibility index (Phi) is 2.86. The van der Waals surface area contributed by atoms with Crippen LogP contribution in [-0.2, 0) is 4.74 Å². The van der Waals surface area contributed by atoms with Gasteiger partial charge in [-0.1, -0.05) is 18.2 Å². The Bertz CT molecular complexity index is 437. The number of hydrogen-bond donors (Lipinski definition) is 0. The van der Waals surface area contributed by atoms with Crippen LogP contribution in [-0.4, -0.2) is 29.2 Å². The summed E-state index contributed by atoms with van der Waals surface area (Å²) in [5.74, 6) is 0.113. The van der Waals surface area contributed by atoms with Gasteiger partial charge < -0.3 is 9.64 Å². The standard InChI is InChI=1S/C15H19NO2/c1-12-11-18-15(9-5-6-10-15)16(12)14(17)13-7-3-2-4-8-13/h2-4,7-8,12H,5-6,9-11H2,1H3. The first kappa shape index (κ1) is 11.7. The zero-order valence-electron chi connectivity index (χ0n) is 10.8. The molecule has 1 spiro atoms. The summed E-state index contributed by atoms with van der Waals surface area (Å²) >= 11 is 0. The average Bonchev–Trinajstić information content (AvgIpc) is 2.99. The summed E-state index contributed by atoms with van der Waals surface area (Å²) in [6, 6.07) is 9.71. The molecule has 1 saturated carbocycles. The molecule has 1 heterocycles. The molecule has 1 unspecified atom stereocenters. The molecule has 0 bridgehead atoms. The molecule has 1 saturated heterocycles. The minimum absolute atomic E-state index is 0.113. The Hall–Kier alpha value is -1.35. The van der Waals surface area contributed by atoms with E-state index >= 15 is 0 Å². The monoisotopic (exact) mass is 245 g/mol. The summed E-state index contributed by atoms with van der Waals surface area (Å²) in [5.41, 5.74) is 0.452. The SMILES string of the molecule is CC1COC2(CCCC2)N1C(=O)c1ccccc1. The zero-order valence-corrected chi connectivity index (χ0v) is 10.8. The lowest BCUT2D eigenvalue weighted by Gasteiger charge is -2.35. The summed E-state index contributed by atoms with van der Waals surface area (Å²) in [4.78, 5) is 14.6. The van der Waals surface area contributed by atoms with Gasteiger partial charge in [-0.25, -0.2) is 0 Å². The van der Waals surface area contributed by atoms with E-state index in [1.807, 2.05) is 35.2 Å². The third kappa shape index (κ3) is 1.74. The highest BCUT2D eigenvalue weighted by Gasteiger charge is 2.50. The lowest BCUT2D eigenvalue weighted by molar-refractivity contribution is -0.0637. The van der Waals surface area contributed by atoms with Gasteiger partial charge in [0, 0.05) is 5.56 Å². The van der Waals surface area contributed by atoms with Crippen LogP contribution in [0.2, 0.25) is 0 Å². The first-order valence-electron chi connectivity index (χ1n) is 6.76. The zero-order chi connectivity index (χ0) is 12.6. The van der Waals surface area contributed by atoms with Gasteiger partial charge in [-0.2, -0.15) is 0 Å². The Morgan fingerprint density at radius 1 is 1.28 bits per heavy atom. The van der Waals surface area contributed by atoms with Gasteiger partial charge in [0.1, 0.15) is 5.72 Å². The first-order chi connectivity index (χ1) is 8.73. The van der Waals surface area contributed by atoms with Gasteiger partial charge in [0.05, 0.1) is 12.6 Å². The molecule has 1 aliphatic heterocycles. The average molecular weight is 245 g/mol. The minimum atomic E-state index is -0.313. The highest BCUT2D eigenvalue weighted by Crippen LogP contribution is 2.42. The van der Waals surface area contributed by atoms with Crippen molar-refractivity contribution < 1.29 is 9.53 Å². The van der Waals surface area contributed by atoms with Crippen LogP contribution in [0, 0.1) is 0 Å². The molecule has 1 aromatic rings. The van der Waals surface area contributed by atoms with E-state index in [2.05, 4.69) is 6.92 Å². The topological polar surface area (TPSA) is 29.5 Å². The van der Waals surface area contributed by atoms with Crippen LogP contribution in [0.3, 0.4) is 0 Å². The highest BCUT2D eigenvalue weighted by atomic mass is 16.5. The van der Waals surface area contributed by atoms with Crippen molar-refractivity contribution in [2.45, 2.75) is 44.4 Å². The van der Waals surface area contributed by atoms with Gasteiger partial charge in [0.15, 0.2) is 0 Å². The molecule has 18 heavy (non-hydrogen) atoms. The van der Waals surface area contributed by atoms with E-state index in [0.717, 1.165) is 31.2 Å². The minimum Gasteiger partial charge on any atom is -0.353 e. The summed E-state index contributed by atoms with van der Waals surface area (Å²) in [5, 5.41) is 0. The molecule has 3 heteroatoms. The van der Waals surface area contributed by atoms with Gasteiger partial charge in [-0.05, 0) is 44.7 Å². The maximum absolute atomic E-state index is 12.7. The summed E-state index contributed by atoms with van der Waals surface area (Å²) < 4.78 is 5.97. The number of carbonyl (C=O) groups is 1. The summed E-state index contributed by atoms with van der Waals surface area (Å²) in [7, 11) is 0. The fourth-order valence-electron chi connectivity index (χ4n) is 3.24. The predicted molar refractivity (Wildman–Crippen MR) is 69.2 cm³/mol. The van der Waals surface area contributed by atoms with E-state index in [-0.39, 0.29) is 17.7 Å². The number of ether oxygens (including phenoxy) is 1. The van der Waals surface area contributed by atoms with Gasteiger partial charge in [-0.15, -0.1) is 0 Å². The molecule has 3 nitrogen and oxygen atoms in total. The van der Waals surface area contributed by atoms with Gasteiger partial charge in [0.25, 0.3) is 5.91 Å². The van der Waals surface area contributed by atoms with Crippen LogP contribution < -0.4 is 0 Å². The molecule has 2 fully saturated rings. The maximum atomic E-state index is 12.7. The third-order valence-corrected chi connectivity index (χ3v) is 4.10. The molecule has 96 valence electrons. The van der Waals surface area contributed by atoms with Crippen LogP contribution in [0.25, 0.3) is 0 Å². The van der Waals surface area contributed by atoms with Crippen molar-refractivity contribution in [3.05, 3.63) is 35.9 Å². The van der Waals surface area contributed by atoms with Crippen molar-refractivity contribution in [2.24, 2.45) is 0 Å². The molecule has 0 aromatic heterocycles. The number of benzene rings is 1. The van der Waals surface area contributed by atoms with Crippen molar-refractivity contribution in [3.63, 3.8) is 0 Å². The number of nitrogens with zero attached hydrogens (tertiary/aromatic N) is 1. The van der Waals surface area contributed by atoms with Crippen molar-refractivity contribution in [1.29, 1.82) is 0 Å².